The number of halogens is 1. The van der Waals surface area contributed by atoms with Crippen molar-refractivity contribution in [3.8, 4) is 0 Å². The predicted molar refractivity (Wildman–Crippen MR) is 119 cm³/mol. The number of esters is 1. The fraction of sp³-hybridized carbons (Fsp3) is 0.609. The van der Waals surface area contributed by atoms with Crippen LogP contribution in [0, 0.1) is 0 Å². The molecule has 2 atom stereocenters. The molecule has 0 spiro atoms. The van der Waals surface area contributed by atoms with Crippen molar-refractivity contribution < 1.29 is 23.9 Å². The Bertz CT molecular complexity index is 805. The van der Waals surface area contributed by atoms with E-state index in [1.54, 1.807) is 44.7 Å². The van der Waals surface area contributed by atoms with Crippen LogP contribution in [-0.2, 0) is 19.1 Å². The lowest BCUT2D eigenvalue weighted by molar-refractivity contribution is -0.154. The molecule has 1 aromatic carbocycles. The maximum atomic E-state index is 13.7. The molecule has 1 saturated heterocycles. The first-order valence-corrected chi connectivity index (χ1v) is 10.9. The summed E-state index contributed by atoms with van der Waals surface area (Å²) >= 11 is 6.01. The van der Waals surface area contributed by atoms with Crippen molar-refractivity contribution >= 4 is 29.6 Å². The normalized spacial score (nSPS) is 19.3. The van der Waals surface area contributed by atoms with E-state index in [4.69, 9.17) is 21.1 Å². The van der Waals surface area contributed by atoms with Gasteiger partial charge in [-0.15, -0.1) is 0 Å². The second-order valence-corrected chi connectivity index (χ2v) is 9.50. The van der Waals surface area contributed by atoms with Crippen molar-refractivity contribution in [2.24, 2.45) is 0 Å². The number of methoxy groups -OCH3 is 1. The van der Waals surface area contributed by atoms with E-state index in [-0.39, 0.29) is 24.3 Å². The molecule has 0 radical (unpaired) electrons. The fourth-order valence-electron chi connectivity index (χ4n) is 3.59. The predicted octanol–water partition coefficient (Wildman–Crippen LogP) is 4.58. The van der Waals surface area contributed by atoms with E-state index < -0.39 is 17.2 Å². The molecule has 0 aromatic heterocycles. The number of carbonyl (C=O) groups is 3. The van der Waals surface area contributed by atoms with E-state index in [0.717, 1.165) is 5.56 Å². The molecular formula is C23H33ClN2O5. The van der Waals surface area contributed by atoms with Gasteiger partial charge in [-0.2, -0.15) is 0 Å². The molecule has 8 heteroatoms. The number of carbonyl (C=O) groups excluding carboxylic acids is 3. The Balaban J connectivity index is 2.24. The summed E-state index contributed by atoms with van der Waals surface area (Å²) in [6.07, 6.45) is 0.716. The summed E-state index contributed by atoms with van der Waals surface area (Å²) < 4.78 is 10.2. The standard InChI is InChI=1S/C23H33ClN2O5/c1-16(17-9-11-18(24)12-10-17)25(14-7-8-19(27)30-6)20(28)23(5)13-15-26(23)21(29)31-22(2,3)4/h9-12,16H,7-8,13-15H2,1-6H3. The number of rotatable bonds is 7. The summed E-state index contributed by atoms with van der Waals surface area (Å²) in [6.45, 7) is 9.91. The zero-order chi connectivity index (χ0) is 23.4. The number of amides is 2. The van der Waals surface area contributed by atoms with Gasteiger partial charge >= 0.3 is 12.1 Å². The van der Waals surface area contributed by atoms with Gasteiger partial charge in [-0.25, -0.2) is 4.79 Å². The second-order valence-electron chi connectivity index (χ2n) is 9.06. The Morgan fingerprint density at radius 2 is 1.84 bits per heavy atom. The third-order valence-corrected chi connectivity index (χ3v) is 5.83. The Kier molecular flexibility index (Phi) is 7.98. The minimum Gasteiger partial charge on any atom is -0.469 e. The number of benzene rings is 1. The molecule has 1 aliphatic rings. The number of hydrogen-bond acceptors (Lipinski definition) is 5. The number of hydrogen-bond donors (Lipinski definition) is 0. The zero-order valence-electron chi connectivity index (χ0n) is 19.2. The van der Waals surface area contributed by atoms with E-state index in [2.05, 4.69) is 0 Å². The largest absolute Gasteiger partial charge is 0.469 e. The highest BCUT2D eigenvalue weighted by atomic mass is 35.5. The molecule has 172 valence electrons. The molecule has 2 amide bonds. The average Bonchev–Trinajstić information content (AvgIpc) is 2.67. The summed E-state index contributed by atoms with van der Waals surface area (Å²) in [5, 5.41) is 0.613. The first-order valence-electron chi connectivity index (χ1n) is 10.5. The van der Waals surface area contributed by atoms with Crippen LogP contribution >= 0.6 is 11.6 Å². The van der Waals surface area contributed by atoms with E-state index in [0.29, 0.717) is 31.0 Å². The van der Waals surface area contributed by atoms with Gasteiger partial charge in [0.1, 0.15) is 11.1 Å². The molecule has 2 unspecified atom stereocenters. The van der Waals surface area contributed by atoms with Gasteiger partial charge in [0.15, 0.2) is 0 Å². The van der Waals surface area contributed by atoms with Crippen LogP contribution in [0.5, 0.6) is 0 Å². The summed E-state index contributed by atoms with van der Waals surface area (Å²) in [5.74, 6) is -0.492. The van der Waals surface area contributed by atoms with Gasteiger partial charge < -0.3 is 14.4 Å². The maximum absolute atomic E-state index is 13.7. The molecule has 1 aliphatic heterocycles. The van der Waals surface area contributed by atoms with Gasteiger partial charge in [0, 0.05) is 24.5 Å². The number of ether oxygens (including phenoxy) is 2. The fourth-order valence-corrected chi connectivity index (χ4v) is 3.71. The third-order valence-electron chi connectivity index (χ3n) is 5.58. The van der Waals surface area contributed by atoms with Gasteiger partial charge in [0.2, 0.25) is 5.91 Å². The average molecular weight is 453 g/mol. The van der Waals surface area contributed by atoms with Crippen LogP contribution in [0.3, 0.4) is 0 Å². The summed E-state index contributed by atoms with van der Waals surface area (Å²) in [7, 11) is 1.34. The Labute approximate surface area is 189 Å². The monoisotopic (exact) mass is 452 g/mol. The van der Waals surface area contributed by atoms with Crippen molar-refractivity contribution in [1.82, 2.24) is 9.80 Å². The van der Waals surface area contributed by atoms with Gasteiger partial charge in [-0.05, 0) is 65.2 Å². The van der Waals surface area contributed by atoms with Crippen molar-refractivity contribution in [3.05, 3.63) is 34.9 Å². The third kappa shape index (κ3) is 6.12. The molecule has 31 heavy (non-hydrogen) atoms. The van der Waals surface area contributed by atoms with Gasteiger partial charge in [0.25, 0.3) is 0 Å². The Morgan fingerprint density at radius 1 is 1.23 bits per heavy atom. The molecule has 0 saturated carbocycles. The van der Waals surface area contributed by atoms with Crippen LogP contribution in [0.15, 0.2) is 24.3 Å². The highest BCUT2D eigenvalue weighted by Gasteiger charge is 2.53. The smallest absolute Gasteiger partial charge is 0.411 e. The van der Waals surface area contributed by atoms with Gasteiger partial charge in [-0.1, -0.05) is 23.7 Å². The molecule has 2 rings (SSSR count). The van der Waals surface area contributed by atoms with Crippen molar-refractivity contribution in [2.45, 2.75) is 71.1 Å². The van der Waals surface area contributed by atoms with Crippen molar-refractivity contribution in [1.29, 1.82) is 0 Å². The SMILES string of the molecule is COC(=O)CCCN(C(=O)C1(C)CCN1C(=O)OC(C)(C)C)C(C)c1ccc(Cl)cc1. The molecule has 1 fully saturated rings. The molecule has 1 aromatic rings. The first kappa shape index (κ1) is 25.0. The van der Waals surface area contributed by atoms with E-state index in [9.17, 15) is 14.4 Å². The summed E-state index contributed by atoms with van der Waals surface area (Å²) in [6, 6.07) is 7.05. The lowest BCUT2D eigenvalue weighted by atomic mass is 9.84. The number of likely N-dealkylation sites (tertiary alicyclic amines) is 1. The first-order chi connectivity index (χ1) is 14.4. The maximum Gasteiger partial charge on any atom is 0.411 e. The molecular weight excluding hydrogens is 420 g/mol. The number of nitrogens with zero attached hydrogens (tertiary/aromatic N) is 2. The minimum atomic E-state index is -0.992. The van der Waals surface area contributed by atoms with Crippen molar-refractivity contribution in [2.75, 3.05) is 20.2 Å². The Hall–Kier alpha value is -2.28. The molecule has 1 heterocycles. The quantitative estimate of drug-likeness (QED) is 0.566. The van der Waals surface area contributed by atoms with Gasteiger partial charge in [0.05, 0.1) is 13.2 Å². The van der Waals surface area contributed by atoms with Crippen molar-refractivity contribution in [3.63, 3.8) is 0 Å². The molecule has 0 N–H and O–H groups in total. The minimum absolute atomic E-state index is 0.170. The van der Waals surface area contributed by atoms with Crippen LogP contribution in [0.4, 0.5) is 4.79 Å². The molecule has 7 nitrogen and oxygen atoms in total. The second kappa shape index (κ2) is 9.90. The zero-order valence-corrected chi connectivity index (χ0v) is 20.0. The van der Waals surface area contributed by atoms with Crippen LogP contribution in [0.1, 0.15) is 65.5 Å². The summed E-state index contributed by atoms with van der Waals surface area (Å²) in [4.78, 5) is 41.1. The van der Waals surface area contributed by atoms with Crippen LogP contribution in [-0.4, -0.2) is 59.1 Å². The van der Waals surface area contributed by atoms with Crippen LogP contribution in [0.25, 0.3) is 0 Å². The Morgan fingerprint density at radius 3 is 2.32 bits per heavy atom. The lowest BCUT2D eigenvalue weighted by Crippen LogP contribution is -2.68. The summed E-state index contributed by atoms with van der Waals surface area (Å²) in [5.41, 5.74) is -0.718. The van der Waals surface area contributed by atoms with Gasteiger partial charge in [-0.3, -0.25) is 14.5 Å². The van der Waals surface area contributed by atoms with E-state index in [1.165, 1.54) is 12.0 Å². The van der Waals surface area contributed by atoms with Crippen LogP contribution < -0.4 is 0 Å². The highest BCUT2D eigenvalue weighted by Crippen LogP contribution is 2.36. The topological polar surface area (TPSA) is 76.2 Å². The highest BCUT2D eigenvalue weighted by molar-refractivity contribution is 6.30. The molecule has 0 aliphatic carbocycles. The van der Waals surface area contributed by atoms with E-state index >= 15 is 0 Å². The lowest BCUT2D eigenvalue weighted by Gasteiger charge is -2.51. The molecule has 0 bridgehead atoms. The van der Waals surface area contributed by atoms with E-state index in [1.807, 2.05) is 19.1 Å². The van der Waals surface area contributed by atoms with Crippen LogP contribution in [0.2, 0.25) is 5.02 Å².